The van der Waals surface area contributed by atoms with E-state index in [0.29, 0.717) is 19.0 Å². The van der Waals surface area contributed by atoms with E-state index in [0.717, 1.165) is 18.8 Å². The van der Waals surface area contributed by atoms with Gasteiger partial charge in [0.05, 0.1) is 30.5 Å². The van der Waals surface area contributed by atoms with Gasteiger partial charge in [-0.15, -0.1) is 0 Å². The zero-order chi connectivity index (χ0) is 14.3. The molecule has 2 aliphatic rings. The summed E-state index contributed by atoms with van der Waals surface area (Å²) < 4.78 is 18.7. The molecule has 0 N–H and O–H groups in total. The molecule has 2 fully saturated rings. The maximum absolute atomic E-state index is 12.9. The quantitative estimate of drug-likeness (QED) is 0.779. The largest absolute Gasteiger partial charge is 0.370 e. The first-order valence-electron chi connectivity index (χ1n) is 6.63. The van der Waals surface area contributed by atoms with E-state index in [4.69, 9.17) is 4.74 Å². The number of halogens is 1. The summed E-state index contributed by atoms with van der Waals surface area (Å²) in [7, 11) is 3.51. The van der Waals surface area contributed by atoms with Gasteiger partial charge in [0, 0.05) is 27.2 Å². The molecule has 6 nitrogen and oxygen atoms in total. The van der Waals surface area contributed by atoms with Crippen LogP contribution in [0.15, 0.2) is 12.4 Å². The van der Waals surface area contributed by atoms with Crippen molar-refractivity contribution < 1.29 is 13.9 Å². The minimum Gasteiger partial charge on any atom is -0.370 e. The van der Waals surface area contributed by atoms with Gasteiger partial charge in [-0.05, 0) is 6.42 Å². The van der Waals surface area contributed by atoms with Crippen molar-refractivity contribution in [2.24, 2.45) is 5.92 Å². The van der Waals surface area contributed by atoms with Crippen molar-refractivity contribution in [1.82, 2.24) is 14.9 Å². The van der Waals surface area contributed by atoms with Crippen molar-refractivity contribution in [2.45, 2.75) is 18.6 Å². The van der Waals surface area contributed by atoms with E-state index in [2.05, 4.69) is 9.97 Å². The van der Waals surface area contributed by atoms with Crippen LogP contribution in [-0.2, 0) is 9.53 Å². The van der Waals surface area contributed by atoms with Crippen LogP contribution in [0.1, 0.15) is 6.42 Å². The van der Waals surface area contributed by atoms with Crippen molar-refractivity contribution >= 4 is 11.9 Å². The minimum absolute atomic E-state index is 0.0105. The molecule has 1 aromatic heterocycles. The number of hydrogen-bond donors (Lipinski definition) is 0. The molecule has 1 amide bonds. The fraction of sp³-hybridized carbons (Fsp3) is 0.615. The van der Waals surface area contributed by atoms with Gasteiger partial charge in [0.15, 0.2) is 5.82 Å². The number of carbonyl (C=O) groups is 1. The summed E-state index contributed by atoms with van der Waals surface area (Å²) in [6.45, 7) is 1.20. The summed E-state index contributed by atoms with van der Waals surface area (Å²) in [5.41, 5.74) is 0. The third kappa shape index (κ3) is 2.33. The molecular formula is C13H17FN4O2. The molecule has 3 heterocycles. The van der Waals surface area contributed by atoms with Crippen LogP contribution < -0.4 is 4.90 Å². The summed E-state index contributed by atoms with van der Waals surface area (Å²) in [6, 6.07) is 0. The summed E-state index contributed by atoms with van der Waals surface area (Å²) in [5, 5.41) is 0. The number of nitrogens with zero attached hydrogens (tertiary/aromatic N) is 4. The average molecular weight is 280 g/mol. The molecule has 20 heavy (non-hydrogen) atoms. The molecule has 1 aromatic rings. The summed E-state index contributed by atoms with van der Waals surface area (Å²) in [4.78, 5) is 23.7. The van der Waals surface area contributed by atoms with Crippen LogP contribution in [0.4, 0.5) is 10.3 Å². The summed E-state index contributed by atoms with van der Waals surface area (Å²) in [5.74, 6) is 0.0214. The highest BCUT2D eigenvalue weighted by molar-refractivity contribution is 5.79. The lowest BCUT2D eigenvalue weighted by atomic mass is 9.99. The van der Waals surface area contributed by atoms with Gasteiger partial charge in [-0.25, -0.2) is 14.4 Å². The Balaban J connectivity index is 1.75. The lowest BCUT2D eigenvalue weighted by Gasteiger charge is -2.32. The molecule has 0 unspecified atom stereocenters. The number of aromatic nitrogens is 2. The number of rotatable bonds is 2. The van der Waals surface area contributed by atoms with Crippen molar-refractivity contribution in [2.75, 3.05) is 32.1 Å². The van der Waals surface area contributed by atoms with Crippen LogP contribution in [0.5, 0.6) is 0 Å². The maximum atomic E-state index is 12.9. The molecule has 0 aromatic carbocycles. The van der Waals surface area contributed by atoms with Crippen molar-refractivity contribution in [3.8, 4) is 0 Å². The number of fused-ring (bicyclic) bond motifs is 2. The van der Waals surface area contributed by atoms with Gasteiger partial charge in [0.25, 0.3) is 0 Å². The van der Waals surface area contributed by atoms with Crippen molar-refractivity contribution in [3.05, 3.63) is 18.2 Å². The van der Waals surface area contributed by atoms with Crippen molar-refractivity contribution in [1.29, 1.82) is 0 Å². The Bertz CT molecular complexity index is 508. The number of anilines is 1. The van der Waals surface area contributed by atoms with Crippen LogP contribution >= 0.6 is 0 Å². The Morgan fingerprint density at radius 2 is 2.10 bits per heavy atom. The van der Waals surface area contributed by atoms with Crippen LogP contribution in [0.2, 0.25) is 0 Å². The number of amides is 1. The Morgan fingerprint density at radius 1 is 1.40 bits per heavy atom. The SMILES string of the molecule is CN(C)C(=O)[C@@H]1C[C@H]2CN(c3ncc(F)cn3)C[C@H]1O2. The first-order valence-corrected chi connectivity index (χ1v) is 6.63. The fourth-order valence-electron chi connectivity index (χ4n) is 2.88. The van der Waals surface area contributed by atoms with Crippen molar-refractivity contribution in [3.63, 3.8) is 0 Å². The Morgan fingerprint density at radius 3 is 2.75 bits per heavy atom. The molecule has 0 spiro atoms. The normalized spacial score (nSPS) is 28.6. The number of hydrogen-bond acceptors (Lipinski definition) is 5. The molecule has 2 saturated heterocycles. The average Bonchev–Trinajstić information content (AvgIpc) is 2.73. The van der Waals surface area contributed by atoms with E-state index in [-0.39, 0.29) is 24.0 Å². The molecule has 108 valence electrons. The number of ether oxygens (including phenoxy) is 1. The molecule has 3 rings (SSSR count). The lowest BCUT2D eigenvalue weighted by molar-refractivity contribution is -0.134. The maximum Gasteiger partial charge on any atom is 0.227 e. The molecule has 2 aliphatic heterocycles. The van der Waals surface area contributed by atoms with Crippen LogP contribution in [0.3, 0.4) is 0 Å². The highest BCUT2D eigenvalue weighted by atomic mass is 19.1. The lowest BCUT2D eigenvalue weighted by Crippen LogP contribution is -2.46. The summed E-state index contributed by atoms with van der Waals surface area (Å²) in [6.07, 6.45) is 2.90. The Labute approximate surface area is 116 Å². The second-order valence-corrected chi connectivity index (χ2v) is 5.48. The fourth-order valence-corrected chi connectivity index (χ4v) is 2.88. The third-order valence-electron chi connectivity index (χ3n) is 3.80. The molecule has 0 aliphatic carbocycles. The molecule has 0 radical (unpaired) electrons. The van der Waals surface area contributed by atoms with E-state index in [1.54, 1.807) is 19.0 Å². The highest BCUT2D eigenvalue weighted by Gasteiger charge is 2.45. The van der Waals surface area contributed by atoms with Gasteiger partial charge < -0.3 is 14.5 Å². The smallest absolute Gasteiger partial charge is 0.227 e. The standard InChI is InChI=1S/C13H17FN4O2/c1-17(2)12(19)10-3-9-6-18(7-11(10)20-9)13-15-4-8(14)5-16-13/h4-5,9-11H,3,6-7H2,1-2H3/t9-,10+,11+/m0/s1. The van der Waals surface area contributed by atoms with Gasteiger partial charge >= 0.3 is 0 Å². The van der Waals surface area contributed by atoms with Crippen LogP contribution in [0.25, 0.3) is 0 Å². The van der Waals surface area contributed by atoms with E-state index < -0.39 is 5.82 Å². The molecule has 7 heteroatoms. The van der Waals surface area contributed by atoms with E-state index in [1.165, 1.54) is 0 Å². The van der Waals surface area contributed by atoms with Crippen LogP contribution in [-0.4, -0.2) is 60.2 Å². The number of morpholine rings is 1. The number of carbonyl (C=O) groups excluding carboxylic acids is 1. The van der Waals surface area contributed by atoms with E-state index in [9.17, 15) is 9.18 Å². The second kappa shape index (κ2) is 4.97. The summed E-state index contributed by atoms with van der Waals surface area (Å²) >= 11 is 0. The Hall–Kier alpha value is -1.76. The van der Waals surface area contributed by atoms with Gasteiger partial charge in [-0.1, -0.05) is 0 Å². The first kappa shape index (κ1) is 13.2. The molecule has 0 saturated carbocycles. The Kier molecular flexibility index (Phi) is 3.29. The monoisotopic (exact) mass is 280 g/mol. The topological polar surface area (TPSA) is 58.6 Å². The van der Waals surface area contributed by atoms with Gasteiger partial charge in [0.1, 0.15) is 0 Å². The molecule has 2 bridgehead atoms. The van der Waals surface area contributed by atoms with Gasteiger partial charge in [-0.2, -0.15) is 0 Å². The van der Waals surface area contributed by atoms with E-state index in [1.807, 2.05) is 4.90 Å². The minimum atomic E-state index is -0.453. The first-order chi connectivity index (χ1) is 9.54. The molecule has 3 atom stereocenters. The zero-order valence-corrected chi connectivity index (χ0v) is 11.5. The van der Waals surface area contributed by atoms with E-state index >= 15 is 0 Å². The second-order valence-electron chi connectivity index (χ2n) is 5.48. The molecular weight excluding hydrogens is 263 g/mol. The van der Waals surface area contributed by atoms with Gasteiger partial charge in [0.2, 0.25) is 11.9 Å². The predicted octanol–water partition coefficient (Wildman–Crippen LogP) is 0.298. The third-order valence-corrected chi connectivity index (χ3v) is 3.80. The predicted molar refractivity (Wildman–Crippen MR) is 69.7 cm³/mol. The zero-order valence-electron chi connectivity index (χ0n) is 11.5. The van der Waals surface area contributed by atoms with Crippen LogP contribution in [0, 0.1) is 11.7 Å². The highest BCUT2D eigenvalue weighted by Crippen LogP contribution is 2.33. The van der Waals surface area contributed by atoms with Gasteiger partial charge in [-0.3, -0.25) is 4.79 Å².